The van der Waals surface area contributed by atoms with Crippen molar-refractivity contribution < 1.29 is 19.1 Å². The van der Waals surface area contributed by atoms with Crippen molar-refractivity contribution in [3.05, 3.63) is 45.1 Å². The molecule has 8 nitrogen and oxygen atoms in total. The maximum atomic E-state index is 12.8. The molecular formula is C21H19N3O5S2. The molecule has 0 bridgehead atoms. The standard InChI is InChI=1S/C21H19N3O5S2/c1-24-20(27)17-11-5-4-8-15(11)31-19(17)23-21(24)30-10-16(25)22-18(26)14-9-28-12-6-2-3-7-13(12)29-14/h2-3,6-7,14H,4-5,8-10H2,1H3,(H,22,25,26)/t14-/m1/s1. The average molecular weight is 458 g/mol. The molecule has 1 aliphatic heterocycles. The van der Waals surface area contributed by atoms with Gasteiger partial charge in [-0.2, -0.15) is 0 Å². The van der Waals surface area contributed by atoms with Crippen LogP contribution < -0.4 is 20.3 Å². The number of para-hydroxylation sites is 2. The molecule has 160 valence electrons. The number of imide groups is 1. The topological polar surface area (TPSA) is 99.5 Å². The molecule has 1 aromatic carbocycles. The number of thiophene rings is 1. The Morgan fingerprint density at radius 2 is 2.10 bits per heavy atom. The zero-order chi connectivity index (χ0) is 21.5. The van der Waals surface area contributed by atoms with Crippen molar-refractivity contribution in [1.29, 1.82) is 0 Å². The predicted octanol–water partition coefficient (Wildman–Crippen LogP) is 2.06. The second kappa shape index (κ2) is 8.01. The zero-order valence-corrected chi connectivity index (χ0v) is 18.3. The maximum absolute atomic E-state index is 12.8. The summed E-state index contributed by atoms with van der Waals surface area (Å²) in [5.74, 6) is -0.0683. The number of thioether (sulfide) groups is 1. The molecule has 0 radical (unpaired) electrons. The van der Waals surface area contributed by atoms with E-state index in [4.69, 9.17) is 9.47 Å². The van der Waals surface area contributed by atoms with Crippen LogP contribution in [-0.4, -0.2) is 39.8 Å². The Morgan fingerprint density at radius 1 is 1.29 bits per heavy atom. The fraction of sp³-hybridized carbons (Fsp3) is 0.333. The molecule has 10 heteroatoms. The number of nitrogens with one attached hydrogen (secondary N) is 1. The average Bonchev–Trinajstić information content (AvgIpc) is 3.35. The molecule has 0 spiro atoms. The molecule has 3 aromatic rings. The van der Waals surface area contributed by atoms with E-state index in [2.05, 4.69) is 10.3 Å². The summed E-state index contributed by atoms with van der Waals surface area (Å²) < 4.78 is 12.6. The molecule has 0 fully saturated rings. The maximum Gasteiger partial charge on any atom is 0.271 e. The molecule has 1 N–H and O–H groups in total. The summed E-state index contributed by atoms with van der Waals surface area (Å²) in [4.78, 5) is 44.1. The molecule has 1 atom stereocenters. The van der Waals surface area contributed by atoms with Crippen LogP contribution in [0.25, 0.3) is 10.2 Å². The van der Waals surface area contributed by atoms with Crippen LogP contribution in [0.1, 0.15) is 16.9 Å². The minimum absolute atomic E-state index is 0.0268. The van der Waals surface area contributed by atoms with Gasteiger partial charge in [-0.25, -0.2) is 4.98 Å². The second-order valence-corrected chi connectivity index (χ2v) is 9.39. The third kappa shape index (κ3) is 3.70. The normalized spacial score (nSPS) is 16.9. The number of hydrogen-bond donors (Lipinski definition) is 1. The summed E-state index contributed by atoms with van der Waals surface area (Å²) in [6.45, 7) is 0.0268. The van der Waals surface area contributed by atoms with Crippen molar-refractivity contribution in [2.24, 2.45) is 7.05 Å². The number of nitrogens with zero attached hydrogens (tertiary/aromatic N) is 2. The summed E-state index contributed by atoms with van der Waals surface area (Å²) in [7, 11) is 1.66. The Hall–Kier alpha value is -2.85. The van der Waals surface area contributed by atoms with Crippen molar-refractivity contribution in [2.75, 3.05) is 12.4 Å². The monoisotopic (exact) mass is 457 g/mol. The van der Waals surface area contributed by atoms with E-state index in [0.717, 1.165) is 41.4 Å². The summed E-state index contributed by atoms with van der Waals surface area (Å²) in [5.41, 5.74) is 1.04. The van der Waals surface area contributed by atoms with E-state index in [0.29, 0.717) is 22.0 Å². The largest absolute Gasteiger partial charge is 0.485 e. The molecule has 2 aliphatic rings. The highest BCUT2D eigenvalue weighted by Gasteiger charge is 2.28. The SMILES string of the molecule is Cn1c(SCC(=O)NC(=O)[C@H]2COc3ccccc3O2)nc2sc3c(c2c1=O)CCC3. The Labute approximate surface area is 185 Å². The summed E-state index contributed by atoms with van der Waals surface area (Å²) in [5, 5.41) is 3.49. The van der Waals surface area contributed by atoms with E-state index >= 15 is 0 Å². The number of amides is 2. The van der Waals surface area contributed by atoms with Crippen LogP contribution in [-0.2, 0) is 29.5 Å². The van der Waals surface area contributed by atoms with Gasteiger partial charge in [-0.1, -0.05) is 23.9 Å². The lowest BCUT2D eigenvalue weighted by Gasteiger charge is -2.25. The third-order valence-electron chi connectivity index (χ3n) is 5.30. The number of fused-ring (bicyclic) bond motifs is 4. The first-order valence-corrected chi connectivity index (χ1v) is 11.7. The number of carbonyl (C=O) groups excluding carboxylic acids is 2. The van der Waals surface area contributed by atoms with Gasteiger partial charge in [0.15, 0.2) is 16.7 Å². The van der Waals surface area contributed by atoms with Crippen LogP contribution in [0.3, 0.4) is 0 Å². The Bertz CT molecular complexity index is 1270. The smallest absolute Gasteiger partial charge is 0.271 e. The van der Waals surface area contributed by atoms with Crippen molar-refractivity contribution in [2.45, 2.75) is 30.5 Å². The molecule has 0 saturated carbocycles. The van der Waals surface area contributed by atoms with Gasteiger partial charge < -0.3 is 9.47 Å². The van der Waals surface area contributed by atoms with Crippen LogP contribution in [0.15, 0.2) is 34.2 Å². The Balaban J connectivity index is 1.24. The molecule has 5 rings (SSSR count). The molecule has 2 amide bonds. The molecule has 31 heavy (non-hydrogen) atoms. The van der Waals surface area contributed by atoms with Crippen LogP contribution in [0.5, 0.6) is 11.5 Å². The summed E-state index contributed by atoms with van der Waals surface area (Å²) in [6, 6.07) is 7.05. The van der Waals surface area contributed by atoms with Gasteiger partial charge in [0.05, 0.1) is 11.1 Å². The lowest BCUT2D eigenvalue weighted by atomic mass is 10.2. The summed E-state index contributed by atoms with van der Waals surface area (Å²) >= 11 is 2.68. The Kier molecular flexibility index (Phi) is 5.19. The van der Waals surface area contributed by atoms with Crippen LogP contribution >= 0.6 is 23.1 Å². The minimum Gasteiger partial charge on any atom is -0.485 e. The van der Waals surface area contributed by atoms with Crippen molar-refractivity contribution in [1.82, 2.24) is 14.9 Å². The van der Waals surface area contributed by atoms with Crippen LogP contribution in [0.4, 0.5) is 0 Å². The van der Waals surface area contributed by atoms with E-state index in [1.807, 2.05) is 6.07 Å². The minimum atomic E-state index is -0.906. The molecule has 2 aromatic heterocycles. The molecule has 3 heterocycles. The van der Waals surface area contributed by atoms with Gasteiger partial charge in [-0.05, 0) is 37.0 Å². The molecule has 0 unspecified atom stereocenters. The molecule has 1 aliphatic carbocycles. The number of hydrogen-bond acceptors (Lipinski definition) is 8. The number of ether oxygens (including phenoxy) is 2. The number of benzene rings is 1. The van der Waals surface area contributed by atoms with Gasteiger partial charge in [0.2, 0.25) is 12.0 Å². The summed E-state index contributed by atoms with van der Waals surface area (Å²) in [6.07, 6.45) is 2.08. The van der Waals surface area contributed by atoms with Gasteiger partial charge >= 0.3 is 0 Å². The second-order valence-electron chi connectivity index (χ2n) is 7.36. The quantitative estimate of drug-likeness (QED) is 0.473. The van der Waals surface area contributed by atoms with E-state index in [1.54, 1.807) is 36.6 Å². The Morgan fingerprint density at radius 3 is 2.94 bits per heavy atom. The number of aryl methyl sites for hydroxylation is 2. The van der Waals surface area contributed by atoms with Crippen molar-refractivity contribution in [3.63, 3.8) is 0 Å². The highest BCUT2D eigenvalue weighted by atomic mass is 32.2. The van der Waals surface area contributed by atoms with Crippen LogP contribution in [0, 0.1) is 0 Å². The highest BCUT2D eigenvalue weighted by molar-refractivity contribution is 7.99. The fourth-order valence-corrected chi connectivity index (χ4v) is 5.84. The van der Waals surface area contributed by atoms with Crippen LogP contribution in [0.2, 0.25) is 0 Å². The number of rotatable bonds is 4. The van der Waals surface area contributed by atoms with Gasteiger partial charge in [0, 0.05) is 11.9 Å². The van der Waals surface area contributed by atoms with E-state index in [9.17, 15) is 14.4 Å². The third-order valence-corrected chi connectivity index (χ3v) is 7.52. The van der Waals surface area contributed by atoms with Crippen molar-refractivity contribution in [3.8, 4) is 11.5 Å². The lowest BCUT2D eigenvalue weighted by Crippen LogP contribution is -2.46. The highest BCUT2D eigenvalue weighted by Crippen LogP contribution is 2.35. The van der Waals surface area contributed by atoms with Crippen molar-refractivity contribution >= 4 is 45.1 Å². The first-order valence-electron chi connectivity index (χ1n) is 9.87. The van der Waals surface area contributed by atoms with E-state index in [-0.39, 0.29) is 17.9 Å². The lowest BCUT2D eigenvalue weighted by molar-refractivity contribution is -0.135. The fourth-order valence-electron chi connectivity index (χ4n) is 3.77. The molecular weight excluding hydrogens is 438 g/mol. The van der Waals surface area contributed by atoms with E-state index in [1.165, 1.54) is 9.44 Å². The zero-order valence-electron chi connectivity index (χ0n) is 16.7. The predicted molar refractivity (Wildman–Crippen MR) is 117 cm³/mol. The van der Waals surface area contributed by atoms with Gasteiger partial charge in [0.1, 0.15) is 11.4 Å². The van der Waals surface area contributed by atoms with Gasteiger partial charge in [-0.15, -0.1) is 11.3 Å². The number of aromatic nitrogens is 2. The molecule has 0 saturated heterocycles. The first-order chi connectivity index (χ1) is 15.0. The van der Waals surface area contributed by atoms with Gasteiger partial charge in [0.25, 0.3) is 11.5 Å². The first kappa shape index (κ1) is 20.1. The number of carbonyl (C=O) groups is 2. The van der Waals surface area contributed by atoms with E-state index < -0.39 is 17.9 Å². The van der Waals surface area contributed by atoms with Gasteiger partial charge in [-0.3, -0.25) is 24.3 Å².